The Morgan fingerprint density at radius 1 is 0.822 bits per heavy atom. The summed E-state index contributed by atoms with van der Waals surface area (Å²) in [5, 5.41) is 3.12. The molecule has 4 rings (SSSR count). The molecule has 2 amide bonds. The lowest BCUT2D eigenvalue weighted by Crippen LogP contribution is -2.53. The van der Waals surface area contributed by atoms with Crippen molar-refractivity contribution in [2.75, 3.05) is 17.4 Å². The number of hydrogen-bond acceptors (Lipinski definition) is 4. The number of halogens is 2. The molecule has 0 bridgehead atoms. The molecule has 0 spiro atoms. The van der Waals surface area contributed by atoms with Gasteiger partial charge < -0.3 is 10.2 Å². The van der Waals surface area contributed by atoms with Crippen molar-refractivity contribution in [2.45, 2.75) is 44.7 Å². The minimum absolute atomic E-state index is 0.00720. The van der Waals surface area contributed by atoms with Gasteiger partial charge in [-0.1, -0.05) is 121 Å². The highest BCUT2D eigenvalue weighted by Crippen LogP contribution is 2.35. The molecule has 0 aliphatic carbocycles. The Balaban J connectivity index is 1.82. The fraction of sp³-hybridized carbons (Fsp3) is 0.257. The van der Waals surface area contributed by atoms with E-state index in [1.54, 1.807) is 30.3 Å². The van der Waals surface area contributed by atoms with E-state index < -0.39 is 28.5 Å². The van der Waals surface area contributed by atoms with Gasteiger partial charge in [0, 0.05) is 19.5 Å². The fourth-order valence-electron chi connectivity index (χ4n) is 4.90. The van der Waals surface area contributed by atoms with Crippen LogP contribution in [0.4, 0.5) is 5.69 Å². The SMILES string of the molecule is Cc1cccc(CN(C(=O)CN(c2cccc(Cl)c2Cl)S(=O)(=O)c2ccccc2)C(Cc2ccccc2)C(=O)NCC(C)C)c1. The van der Waals surface area contributed by atoms with Crippen molar-refractivity contribution in [1.82, 2.24) is 10.2 Å². The summed E-state index contributed by atoms with van der Waals surface area (Å²) in [4.78, 5) is 29.8. The number of nitrogens with zero attached hydrogens (tertiary/aromatic N) is 2. The molecular formula is C35H37Cl2N3O4S. The van der Waals surface area contributed by atoms with Gasteiger partial charge in [-0.05, 0) is 48.2 Å². The molecule has 236 valence electrons. The number of anilines is 1. The van der Waals surface area contributed by atoms with Crippen molar-refractivity contribution in [2.24, 2.45) is 5.92 Å². The van der Waals surface area contributed by atoms with Gasteiger partial charge in [0.1, 0.15) is 12.6 Å². The molecule has 1 atom stereocenters. The van der Waals surface area contributed by atoms with Crippen LogP contribution in [0.15, 0.2) is 108 Å². The highest BCUT2D eigenvalue weighted by atomic mass is 35.5. The molecule has 1 unspecified atom stereocenters. The van der Waals surface area contributed by atoms with Crippen LogP contribution in [0.2, 0.25) is 10.0 Å². The quantitative estimate of drug-likeness (QED) is 0.168. The van der Waals surface area contributed by atoms with Crippen molar-refractivity contribution < 1.29 is 18.0 Å². The van der Waals surface area contributed by atoms with Crippen LogP contribution in [0.5, 0.6) is 0 Å². The first kappa shape index (κ1) is 34.0. The minimum Gasteiger partial charge on any atom is -0.354 e. The van der Waals surface area contributed by atoms with E-state index in [-0.39, 0.29) is 45.4 Å². The molecule has 0 saturated heterocycles. The fourth-order valence-corrected chi connectivity index (χ4v) is 6.80. The molecule has 0 aliphatic heterocycles. The monoisotopic (exact) mass is 665 g/mol. The van der Waals surface area contributed by atoms with Crippen molar-refractivity contribution in [3.8, 4) is 0 Å². The molecule has 10 heteroatoms. The third kappa shape index (κ3) is 8.87. The molecule has 7 nitrogen and oxygen atoms in total. The molecule has 0 aliphatic rings. The van der Waals surface area contributed by atoms with Gasteiger partial charge in [0.2, 0.25) is 11.8 Å². The van der Waals surface area contributed by atoms with Crippen LogP contribution in [-0.4, -0.2) is 44.3 Å². The number of carbonyl (C=O) groups is 2. The summed E-state index contributed by atoms with van der Waals surface area (Å²) in [7, 11) is -4.29. The van der Waals surface area contributed by atoms with Crippen LogP contribution < -0.4 is 9.62 Å². The van der Waals surface area contributed by atoms with Gasteiger partial charge >= 0.3 is 0 Å². The summed E-state index contributed by atoms with van der Waals surface area (Å²) in [6.07, 6.45) is 0.228. The van der Waals surface area contributed by atoms with E-state index in [2.05, 4.69) is 5.32 Å². The van der Waals surface area contributed by atoms with Crippen LogP contribution in [-0.2, 0) is 32.6 Å². The average Bonchev–Trinajstić information content (AvgIpc) is 3.02. The summed E-state index contributed by atoms with van der Waals surface area (Å²) < 4.78 is 29.2. The Bertz CT molecular complexity index is 1720. The highest BCUT2D eigenvalue weighted by Gasteiger charge is 2.35. The number of carbonyl (C=O) groups excluding carboxylic acids is 2. The maximum atomic E-state index is 14.5. The molecule has 0 heterocycles. The maximum Gasteiger partial charge on any atom is 0.264 e. The zero-order valence-electron chi connectivity index (χ0n) is 25.5. The number of aryl methyl sites for hydroxylation is 1. The lowest BCUT2D eigenvalue weighted by atomic mass is 10.0. The van der Waals surface area contributed by atoms with E-state index in [1.807, 2.05) is 75.4 Å². The van der Waals surface area contributed by atoms with Crippen LogP contribution in [0, 0.1) is 12.8 Å². The second-order valence-electron chi connectivity index (χ2n) is 11.3. The minimum atomic E-state index is -4.29. The standard InChI is InChI=1S/C35H37Cl2N3O4S/c1-25(2)22-38-35(42)32(21-27-13-6-4-7-14-27)39(23-28-15-10-12-26(3)20-28)33(41)24-40(31-19-11-18-30(36)34(31)37)45(43,44)29-16-8-5-9-17-29/h4-20,25,32H,21-24H2,1-3H3,(H,38,42). The van der Waals surface area contributed by atoms with Crippen molar-refractivity contribution in [3.05, 3.63) is 130 Å². The van der Waals surface area contributed by atoms with Gasteiger partial charge in [-0.15, -0.1) is 0 Å². The normalized spacial score (nSPS) is 12.0. The molecule has 0 aromatic heterocycles. The molecule has 0 saturated carbocycles. The summed E-state index contributed by atoms with van der Waals surface area (Å²) in [5.74, 6) is -0.719. The van der Waals surface area contributed by atoms with Crippen LogP contribution in [0.3, 0.4) is 0 Å². The number of amides is 2. The first-order valence-electron chi connectivity index (χ1n) is 14.7. The summed E-state index contributed by atoms with van der Waals surface area (Å²) >= 11 is 12.9. The van der Waals surface area contributed by atoms with E-state index in [9.17, 15) is 18.0 Å². The van der Waals surface area contributed by atoms with E-state index in [1.165, 1.54) is 23.1 Å². The number of rotatable bonds is 13. The van der Waals surface area contributed by atoms with Gasteiger partial charge in [0.15, 0.2) is 0 Å². The molecule has 0 fully saturated rings. The van der Waals surface area contributed by atoms with Crippen molar-refractivity contribution in [3.63, 3.8) is 0 Å². The first-order chi connectivity index (χ1) is 21.5. The molecule has 4 aromatic rings. The smallest absolute Gasteiger partial charge is 0.264 e. The maximum absolute atomic E-state index is 14.5. The summed E-state index contributed by atoms with van der Waals surface area (Å²) in [6, 6.07) is 28.6. The third-order valence-corrected chi connectivity index (χ3v) is 9.78. The van der Waals surface area contributed by atoms with Gasteiger partial charge in [0.05, 0.1) is 20.6 Å². The number of benzene rings is 4. The Morgan fingerprint density at radius 3 is 2.09 bits per heavy atom. The topological polar surface area (TPSA) is 86.8 Å². The van der Waals surface area contributed by atoms with Crippen molar-refractivity contribution in [1.29, 1.82) is 0 Å². The zero-order valence-corrected chi connectivity index (χ0v) is 27.8. The summed E-state index contributed by atoms with van der Waals surface area (Å²) in [5.41, 5.74) is 2.70. The number of sulfonamides is 1. The summed E-state index contributed by atoms with van der Waals surface area (Å²) in [6.45, 7) is 5.80. The predicted molar refractivity (Wildman–Crippen MR) is 181 cm³/mol. The molecular weight excluding hydrogens is 629 g/mol. The molecule has 45 heavy (non-hydrogen) atoms. The van der Waals surface area contributed by atoms with Gasteiger partial charge in [0.25, 0.3) is 10.0 Å². The van der Waals surface area contributed by atoms with Gasteiger partial charge in [-0.25, -0.2) is 8.42 Å². The van der Waals surface area contributed by atoms with Crippen LogP contribution >= 0.6 is 23.2 Å². The average molecular weight is 667 g/mol. The van der Waals surface area contributed by atoms with E-state index in [4.69, 9.17) is 23.2 Å². The van der Waals surface area contributed by atoms with E-state index in [0.717, 1.165) is 21.0 Å². The van der Waals surface area contributed by atoms with E-state index >= 15 is 0 Å². The van der Waals surface area contributed by atoms with Gasteiger partial charge in [-0.3, -0.25) is 13.9 Å². The van der Waals surface area contributed by atoms with Crippen LogP contribution in [0.1, 0.15) is 30.5 Å². The molecule has 1 N–H and O–H groups in total. The van der Waals surface area contributed by atoms with Crippen molar-refractivity contribution >= 4 is 50.7 Å². The first-order valence-corrected chi connectivity index (χ1v) is 16.9. The molecule has 4 aromatic carbocycles. The largest absolute Gasteiger partial charge is 0.354 e. The predicted octanol–water partition coefficient (Wildman–Crippen LogP) is 6.91. The Labute approximate surface area is 275 Å². The van der Waals surface area contributed by atoms with E-state index in [0.29, 0.717) is 6.54 Å². The number of hydrogen-bond donors (Lipinski definition) is 1. The molecule has 0 radical (unpaired) electrons. The Hall–Kier alpha value is -3.85. The zero-order chi connectivity index (χ0) is 32.6. The number of nitrogens with one attached hydrogen (secondary N) is 1. The highest BCUT2D eigenvalue weighted by molar-refractivity contribution is 7.92. The Morgan fingerprint density at radius 2 is 1.44 bits per heavy atom. The second kappa shape index (κ2) is 15.4. The lowest BCUT2D eigenvalue weighted by Gasteiger charge is -2.34. The Kier molecular flexibility index (Phi) is 11.7. The third-order valence-electron chi connectivity index (χ3n) is 7.20. The second-order valence-corrected chi connectivity index (χ2v) is 13.9. The van der Waals surface area contributed by atoms with Gasteiger partial charge in [-0.2, -0.15) is 0 Å². The van der Waals surface area contributed by atoms with Crippen LogP contribution in [0.25, 0.3) is 0 Å². The lowest BCUT2D eigenvalue weighted by molar-refractivity contribution is -0.140.